The number of carboxylic acids is 1. The largest absolute Gasteiger partial charge is 0.478 e. The number of anilines is 1. The number of fused-ring (bicyclic) bond motifs is 1. The number of carboxylic acid groups (broad SMARTS) is 1. The van der Waals surface area contributed by atoms with E-state index in [4.69, 9.17) is 0 Å². The highest BCUT2D eigenvalue weighted by Gasteiger charge is 2.10. The average Bonchev–Trinajstić information content (AvgIpc) is 2.53. The molecular formula is C19H17NO2. The van der Waals surface area contributed by atoms with Gasteiger partial charge in [0.15, 0.2) is 0 Å². The van der Waals surface area contributed by atoms with Crippen molar-refractivity contribution in [2.24, 2.45) is 0 Å². The molecule has 0 fully saturated rings. The molecule has 0 unspecified atom stereocenters. The van der Waals surface area contributed by atoms with E-state index in [2.05, 4.69) is 29.6 Å². The van der Waals surface area contributed by atoms with Gasteiger partial charge < -0.3 is 10.4 Å². The molecule has 3 nitrogen and oxygen atoms in total. The average molecular weight is 291 g/mol. The van der Waals surface area contributed by atoms with Crippen LogP contribution in [0.3, 0.4) is 0 Å². The van der Waals surface area contributed by atoms with Gasteiger partial charge in [0.1, 0.15) is 0 Å². The Kier molecular flexibility index (Phi) is 3.79. The summed E-state index contributed by atoms with van der Waals surface area (Å²) in [5.41, 5.74) is 3.14. The summed E-state index contributed by atoms with van der Waals surface area (Å²) in [6.07, 6.45) is 0. The molecule has 0 aliphatic rings. The number of rotatable bonds is 4. The SMILES string of the molecule is Cc1c(NCc2cccc3ccccc23)cccc1C(=O)O. The normalized spacial score (nSPS) is 10.6. The zero-order valence-corrected chi connectivity index (χ0v) is 12.3. The second-order valence-corrected chi connectivity index (χ2v) is 5.28. The molecule has 2 N–H and O–H groups in total. The molecular weight excluding hydrogens is 274 g/mol. The van der Waals surface area contributed by atoms with E-state index in [1.54, 1.807) is 12.1 Å². The zero-order valence-electron chi connectivity index (χ0n) is 12.3. The van der Waals surface area contributed by atoms with Crippen LogP contribution in [-0.2, 0) is 6.54 Å². The molecule has 0 saturated heterocycles. The van der Waals surface area contributed by atoms with Crippen LogP contribution >= 0.6 is 0 Å². The third kappa shape index (κ3) is 2.66. The van der Waals surface area contributed by atoms with Crippen molar-refractivity contribution in [3.63, 3.8) is 0 Å². The van der Waals surface area contributed by atoms with Gasteiger partial charge in [0.2, 0.25) is 0 Å². The van der Waals surface area contributed by atoms with E-state index in [0.717, 1.165) is 11.3 Å². The molecule has 0 spiro atoms. The summed E-state index contributed by atoms with van der Waals surface area (Å²) in [7, 11) is 0. The van der Waals surface area contributed by atoms with Gasteiger partial charge in [0, 0.05) is 12.2 Å². The Balaban J connectivity index is 1.89. The third-order valence-corrected chi connectivity index (χ3v) is 3.91. The minimum Gasteiger partial charge on any atom is -0.478 e. The van der Waals surface area contributed by atoms with E-state index in [-0.39, 0.29) is 0 Å². The van der Waals surface area contributed by atoms with Crippen LogP contribution in [0.4, 0.5) is 5.69 Å². The van der Waals surface area contributed by atoms with E-state index in [1.165, 1.54) is 16.3 Å². The first-order chi connectivity index (χ1) is 10.7. The van der Waals surface area contributed by atoms with Gasteiger partial charge in [-0.2, -0.15) is 0 Å². The van der Waals surface area contributed by atoms with Gasteiger partial charge in [-0.15, -0.1) is 0 Å². The predicted molar refractivity (Wildman–Crippen MR) is 89.4 cm³/mol. The van der Waals surface area contributed by atoms with Crippen LogP contribution in [0.25, 0.3) is 10.8 Å². The van der Waals surface area contributed by atoms with Crippen molar-refractivity contribution in [2.75, 3.05) is 5.32 Å². The minimum absolute atomic E-state index is 0.336. The molecule has 0 bridgehead atoms. The molecule has 0 atom stereocenters. The van der Waals surface area contributed by atoms with E-state index in [0.29, 0.717) is 12.1 Å². The number of nitrogens with one attached hydrogen (secondary N) is 1. The fourth-order valence-corrected chi connectivity index (χ4v) is 2.70. The maximum atomic E-state index is 11.2. The third-order valence-electron chi connectivity index (χ3n) is 3.91. The molecule has 0 aromatic heterocycles. The number of hydrogen-bond donors (Lipinski definition) is 2. The fourth-order valence-electron chi connectivity index (χ4n) is 2.70. The Morgan fingerprint density at radius 2 is 1.73 bits per heavy atom. The van der Waals surface area contributed by atoms with Crippen molar-refractivity contribution in [2.45, 2.75) is 13.5 Å². The molecule has 0 saturated carbocycles. The summed E-state index contributed by atoms with van der Waals surface area (Å²) in [6.45, 7) is 2.49. The number of carbonyl (C=O) groups is 1. The molecule has 3 rings (SSSR count). The quantitative estimate of drug-likeness (QED) is 0.746. The maximum Gasteiger partial charge on any atom is 0.336 e. The molecule has 0 heterocycles. The van der Waals surface area contributed by atoms with Gasteiger partial charge >= 0.3 is 5.97 Å². The summed E-state index contributed by atoms with van der Waals surface area (Å²) in [4.78, 5) is 11.2. The van der Waals surface area contributed by atoms with Crippen molar-refractivity contribution in [1.82, 2.24) is 0 Å². The summed E-state index contributed by atoms with van der Waals surface area (Å²) in [5, 5.41) is 15.0. The second kappa shape index (κ2) is 5.90. The number of aromatic carboxylic acids is 1. The number of hydrogen-bond acceptors (Lipinski definition) is 2. The summed E-state index contributed by atoms with van der Waals surface area (Å²) < 4.78 is 0. The first-order valence-corrected chi connectivity index (χ1v) is 7.20. The summed E-state index contributed by atoms with van der Waals surface area (Å²) in [6, 6.07) is 19.8. The standard InChI is InChI=1S/C19H17NO2/c1-13-16(19(21)22)10-5-11-18(13)20-12-15-8-4-7-14-6-2-3-9-17(14)15/h2-11,20H,12H2,1H3,(H,21,22). The number of benzene rings is 3. The van der Waals surface area contributed by atoms with Crippen molar-refractivity contribution < 1.29 is 9.90 Å². The van der Waals surface area contributed by atoms with Crippen LogP contribution in [0.15, 0.2) is 60.7 Å². The first kappa shape index (κ1) is 14.1. The second-order valence-electron chi connectivity index (χ2n) is 5.28. The minimum atomic E-state index is -0.897. The van der Waals surface area contributed by atoms with Crippen molar-refractivity contribution >= 4 is 22.4 Å². The van der Waals surface area contributed by atoms with Gasteiger partial charge in [-0.1, -0.05) is 48.5 Å². The van der Waals surface area contributed by atoms with Crippen LogP contribution < -0.4 is 5.32 Å². The maximum absolute atomic E-state index is 11.2. The molecule has 3 aromatic rings. The Labute approximate surface area is 129 Å². The van der Waals surface area contributed by atoms with Gasteiger partial charge in [-0.3, -0.25) is 0 Å². The monoisotopic (exact) mass is 291 g/mol. The highest BCUT2D eigenvalue weighted by atomic mass is 16.4. The van der Waals surface area contributed by atoms with Gasteiger partial charge in [0.25, 0.3) is 0 Å². The van der Waals surface area contributed by atoms with Gasteiger partial charge in [0.05, 0.1) is 5.56 Å². The lowest BCUT2D eigenvalue weighted by molar-refractivity contribution is 0.0696. The Bertz CT molecular complexity index is 834. The van der Waals surface area contributed by atoms with E-state index in [1.807, 2.05) is 31.2 Å². The molecule has 0 aliphatic heterocycles. The predicted octanol–water partition coefficient (Wildman–Crippen LogP) is 4.46. The fraction of sp³-hybridized carbons (Fsp3) is 0.105. The van der Waals surface area contributed by atoms with Crippen LogP contribution in [0, 0.1) is 6.92 Å². The molecule has 0 amide bonds. The Morgan fingerprint density at radius 3 is 2.55 bits per heavy atom. The van der Waals surface area contributed by atoms with E-state index < -0.39 is 5.97 Å². The highest BCUT2D eigenvalue weighted by Crippen LogP contribution is 2.22. The lowest BCUT2D eigenvalue weighted by Crippen LogP contribution is -2.06. The zero-order chi connectivity index (χ0) is 15.5. The summed E-state index contributed by atoms with van der Waals surface area (Å²) >= 11 is 0. The van der Waals surface area contributed by atoms with Crippen molar-refractivity contribution in [1.29, 1.82) is 0 Å². The summed E-state index contributed by atoms with van der Waals surface area (Å²) in [5.74, 6) is -0.897. The van der Waals surface area contributed by atoms with Crippen LogP contribution in [0.1, 0.15) is 21.5 Å². The first-order valence-electron chi connectivity index (χ1n) is 7.20. The van der Waals surface area contributed by atoms with Crippen molar-refractivity contribution in [3.8, 4) is 0 Å². The van der Waals surface area contributed by atoms with Crippen LogP contribution in [0.2, 0.25) is 0 Å². The lowest BCUT2D eigenvalue weighted by atomic mass is 10.0. The smallest absolute Gasteiger partial charge is 0.336 e. The molecule has 22 heavy (non-hydrogen) atoms. The van der Waals surface area contributed by atoms with Gasteiger partial charge in [-0.05, 0) is 41.0 Å². The van der Waals surface area contributed by atoms with Crippen LogP contribution in [-0.4, -0.2) is 11.1 Å². The Hall–Kier alpha value is -2.81. The van der Waals surface area contributed by atoms with Crippen LogP contribution in [0.5, 0.6) is 0 Å². The topological polar surface area (TPSA) is 49.3 Å². The van der Waals surface area contributed by atoms with Crippen molar-refractivity contribution in [3.05, 3.63) is 77.4 Å². The molecule has 110 valence electrons. The van der Waals surface area contributed by atoms with Gasteiger partial charge in [-0.25, -0.2) is 4.79 Å². The molecule has 3 heteroatoms. The molecule has 3 aromatic carbocycles. The molecule has 0 aliphatic carbocycles. The highest BCUT2D eigenvalue weighted by molar-refractivity contribution is 5.91. The van der Waals surface area contributed by atoms with E-state index >= 15 is 0 Å². The lowest BCUT2D eigenvalue weighted by Gasteiger charge is -2.13. The van der Waals surface area contributed by atoms with E-state index in [9.17, 15) is 9.90 Å². The molecule has 0 radical (unpaired) electrons. The Morgan fingerprint density at radius 1 is 1.00 bits per heavy atom.